The van der Waals surface area contributed by atoms with Gasteiger partial charge in [0, 0.05) is 10.7 Å². The van der Waals surface area contributed by atoms with Gasteiger partial charge in [-0.15, -0.1) is 0 Å². The summed E-state index contributed by atoms with van der Waals surface area (Å²) in [5.74, 6) is 0.959. The number of benzene rings is 3. The highest BCUT2D eigenvalue weighted by Crippen LogP contribution is 2.35. The molecule has 6 heteroatoms. The van der Waals surface area contributed by atoms with Gasteiger partial charge in [0.05, 0.1) is 6.54 Å². The lowest BCUT2D eigenvalue weighted by Crippen LogP contribution is -2.30. The Balaban J connectivity index is 1.59. The number of halogens is 2. The van der Waals surface area contributed by atoms with Gasteiger partial charge in [-0.05, 0) is 73.3 Å². The summed E-state index contributed by atoms with van der Waals surface area (Å²) in [4.78, 5) is 16.2. The Morgan fingerprint density at radius 2 is 1.64 bits per heavy atom. The molecule has 1 aliphatic rings. The zero-order valence-corrected chi connectivity index (χ0v) is 15.9. The highest BCUT2D eigenvalue weighted by atomic mass is 35.5. The van der Waals surface area contributed by atoms with Crippen molar-refractivity contribution in [1.82, 2.24) is 4.90 Å². The molecule has 0 spiro atoms. The van der Waals surface area contributed by atoms with Crippen LogP contribution in [-0.2, 0) is 4.79 Å². The molecule has 1 atom stereocenters. The molecule has 3 aromatic rings. The maximum atomic E-state index is 13.7. The molecule has 142 valence electrons. The van der Waals surface area contributed by atoms with E-state index in [1.54, 1.807) is 47.4 Å². The first-order chi connectivity index (χ1) is 13.5. The molecule has 3 aromatic carbocycles. The van der Waals surface area contributed by atoms with Crippen LogP contribution >= 0.6 is 11.6 Å². The van der Waals surface area contributed by atoms with Gasteiger partial charge in [-0.3, -0.25) is 14.6 Å². The maximum absolute atomic E-state index is 13.7. The van der Waals surface area contributed by atoms with E-state index in [2.05, 4.69) is 0 Å². The van der Waals surface area contributed by atoms with Gasteiger partial charge < -0.3 is 4.74 Å². The zero-order valence-electron chi connectivity index (χ0n) is 15.2. The Labute approximate surface area is 167 Å². The van der Waals surface area contributed by atoms with Gasteiger partial charge in [-0.2, -0.15) is 0 Å². The van der Waals surface area contributed by atoms with Crippen LogP contribution in [0.1, 0.15) is 11.7 Å². The minimum atomic E-state index is -0.355. The van der Waals surface area contributed by atoms with Crippen molar-refractivity contribution in [1.29, 1.82) is 0 Å². The van der Waals surface area contributed by atoms with Gasteiger partial charge >= 0.3 is 0 Å². The smallest absolute Gasteiger partial charge is 0.242 e. The normalized spacial score (nSPS) is 17.2. The SMILES string of the molecule is CN1CC(=O)N(c2ccc(Oc3ccc(Cl)cc3)cc2)C1c1cccc(F)c1. The van der Waals surface area contributed by atoms with Crippen LogP contribution in [0.15, 0.2) is 72.8 Å². The molecule has 4 rings (SSSR count). The summed E-state index contributed by atoms with van der Waals surface area (Å²) in [6.07, 6.45) is -0.355. The molecule has 28 heavy (non-hydrogen) atoms. The topological polar surface area (TPSA) is 32.8 Å². The third-order valence-electron chi connectivity index (χ3n) is 4.63. The van der Waals surface area contributed by atoms with Gasteiger partial charge in [-0.25, -0.2) is 4.39 Å². The summed E-state index contributed by atoms with van der Waals surface area (Å²) in [5.41, 5.74) is 1.46. The number of rotatable bonds is 4. The first-order valence-corrected chi connectivity index (χ1v) is 9.20. The molecular weight excluding hydrogens is 379 g/mol. The second kappa shape index (κ2) is 7.62. The van der Waals surface area contributed by atoms with E-state index >= 15 is 0 Å². The van der Waals surface area contributed by atoms with Crippen molar-refractivity contribution in [2.24, 2.45) is 0 Å². The molecule has 0 N–H and O–H groups in total. The minimum Gasteiger partial charge on any atom is -0.457 e. The molecule has 1 amide bonds. The first kappa shape index (κ1) is 18.5. The van der Waals surface area contributed by atoms with Crippen LogP contribution in [0, 0.1) is 5.82 Å². The number of hydrogen-bond donors (Lipinski definition) is 0. The van der Waals surface area contributed by atoms with Crippen molar-refractivity contribution in [3.8, 4) is 11.5 Å². The minimum absolute atomic E-state index is 0.0388. The molecule has 0 bridgehead atoms. The number of hydrogen-bond acceptors (Lipinski definition) is 3. The highest BCUT2D eigenvalue weighted by molar-refractivity contribution is 6.30. The molecular formula is C22H18ClFN2O2. The van der Waals surface area contributed by atoms with E-state index in [1.807, 2.05) is 30.1 Å². The van der Waals surface area contributed by atoms with Gasteiger partial charge in [0.1, 0.15) is 23.5 Å². The van der Waals surface area contributed by atoms with Crippen LogP contribution in [0.2, 0.25) is 5.02 Å². The number of anilines is 1. The number of carbonyl (C=O) groups excluding carboxylic acids is 1. The fourth-order valence-electron chi connectivity index (χ4n) is 3.38. The summed E-state index contributed by atoms with van der Waals surface area (Å²) in [6.45, 7) is 0.268. The van der Waals surface area contributed by atoms with E-state index in [9.17, 15) is 9.18 Å². The average Bonchev–Trinajstić information content (AvgIpc) is 2.98. The Bertz CT molecular complexity index is 992. The molecule has 0 aromatic heterocycles. The molecule has 1 aliphatic heterocycles. The largest absolute Gasteiger partial charge is 0.457 e. The molecule has 1 fully saturated rings. The van der Waals surface area contributed by atoms with E-state index in [4.69, 9.17) is 16.3 Å². The molecule has 1 saturated heterocycles. The Morgan fingerprint density at radius 1 is 1.00 bits per heavy atom. The standard InChI is InChI=1S/C22H18ClFN2O2/c1-25-14-21(27)26(22(25)15-3-2-4-17(24)13-15)18-7-11-20(12-8-18)28-19-9-5-16(23)6-10-19/h2-13,22H,14H2,1H3. The molecule has 0 aliphatic carbocycles. The van der Waals surface area contributed by atoms with Crippen molar-refractivity contribution in [2.75, 3.05) is 18.5 Å². The van der Waals surface area contributed by atoms with Crippen LogP contribution < -0.4 is 9.64 Å². The Morgan fingerprint density at radius 3 is 2.29 bits per heavy atom. The lowest BCUT2D eigenvalue weighted by Gasteiger charge is -2.28. The molecule has 1 heterocycles. The lowest BCUT2D eigenvalue weighted by molar-refractivity contribution is -0.116. The van der Waals surface area contributed by atoms with E-state index in [0.717, 1.165) is 11.3 Å². The predicted octanol–water partition coefficient (Wildman–Crippen LogP) is 5.25. The maximum Gasteiger partial charge on any atom is 0.242 e. The molecule has 4 nitrogen and oxygen atoms in total. The summed E-state index contributed by atoms with van der Waals surface area (Å²) in [5, 5.41) is 0.641. The number of ether oxygens (including phenoxy) is 1. The predicted molar refractivity (Wildman–Crippen MR) is 107 cm³/mol. The van der Waals surface area contributed by atoms with Crippen LogP contribution in [0.3, 0.4) is 0 Å². The second-order valence-electron chi connectivity index (χ2n) is 6.66. The molecule has 0 saturated carbocycles. The highest BCUT2D eigenvalue weighted by Gasteiger charge is 2.37. The van der Waals surface area contributed by atoms with Crippen molar-refractivity contribution < 1.29 is 13.9 Å². The third-order valence-corrected chi connectivity index (χ3v) is 4.88. The average molecular weight is 397 g/mol. The summed E-state index contributed by atoms with van der Waals surface area (Å²) in [7, 11) is 1.85. The fraction of sp³-hybridized carbons (Fsp3) is 0.136. The molecule has 0 radical (unpaired) electrons. The van der Waals surface area contributed by atoms with Crippen molar-refractivity contribution in [2.45, 2.75) is 6.17 Å². The third kappa shape index (κ3) is 3.72. The van der Waals surface area contributed by atoms with Crippen molar-refractivity contribution >= 4 is 23.2 Å². The molecule has 1 unspecified atom stereocenters. The van der Waals surface area contributed by atoms with E-state index in [0.29, 0.717) is 16.5 Å². The Kier molecular flexibility index (Phi) is 5.03. The van der Waals surface area contributed by atoms with Crippen LogP contribution in [0.4, 0.5) is 10.1 Å². The zero-order chi connectivity index (χ0) is 19.7. The number of amides is 1. The van der Waals surface area contributed by atoms with Crippen LogP contribution in [-0.4, -0.2) is 24.4 Å². The summed E-state index contributed by atoms with van der Waals surface area (Å²) < 4.78 is 19.5. The quantitative estimate of drug-likeness (QED) is 0.604. The van der Waals surface area contributed by atoms with E-state index in [1.165, 1.54) is 12.1 Å². The van der Waals surface area contributed by atoms with Crippen molar-refractivity contribution in [3.05, 3.63) is 89.2 Å². The summed E-state index contributed by atoms with van der Waals surface area (Å²) >= 11 is 5.89. The van der Waals surface area contributed by atoms with Gasteiger partial charge in [0.2, 0.25) is 5.91 Å². The van der Waals surface area contributed by atoms with Crippen molar-refractivity contribution in [3.63, 3.8) is 0 Å². The van der Waals surface area contributed by atoms with Crippen LogP contribution in [0.25, 0.3) is 0 Å². The number of nitrogens with zero attached hydrogens (tertiary/aromatic N) is 2. The lowest BCUT2D eigenvalue weighted by atomic mass is 10.1. The fourth-order valence-corrected chi connectivity index (χ4v) is 3.50. The summed E-state index contributed by atoms with van der Waals surface area (Å²) in [6, 6.07) is 20.7. The number of carbonyl (C=O) groups is 1. The van der Waals surface area contributed by atoms with E-state index in [-0.39, 0.29) is 24.4 Å². The Hall–Kier alpha value is -2.89. The van der Waals surface area contributed by atoms with Gasteiger partial charge in [-0.1, -0.05) is 23.7 Å². The number of likely N-dealkylation sites (N-methyl/N-ethyl adjacent to an activating group) is 1. The van der Waals surface area contributed by atoms with Crippen LogP contribution in [0.5, 0.6) is 11.5 Å². The van der Waals surface area contributed by atoms with Gasteiger partial charge in [0.25, 0.3) is 0 Å². The first-order valence-electron chi connectivity index (χ1n) is 8.82. The van der Waals surface area contributed by atoms with Gasteiger partial charge in [0.15, 0.2) is 0 Å². The van der Waals surface area contributed by atoms with E-state index < -0.39 is 0 Å². The second-order valence-corrected chi connectivity index (χ2v) is 7.09. The monoisotopic (exact) mass is 396 g/mol.